The molecular weight excluding hydrogens is 258 g/mol. The molecule has 1 N–H and O–H groups in total. The molecule has 0 aliphatic carbocycles. The van der Waals surface area contributed by atoms with E-state index < -0.39 is 5.54 Å². The number of hydrogen-bond donors (Lipinski definition) is 1. The predicted octanol–water partition coefficient (Wildman–Crippen LogP) is 3.22. The maximum atomic E-state index is 9.44. The number of nitrogens with zero attached hydrogens (tertiary/aromatic N) is 2. The zero-order valence-corrected chi connectivity index (χ0v) is 14.1. The topological polar surface area (TPSA) is 39.1 Å². The summed E-state index contributed by atoms with van der Waals surface area (Å²) in [5, 5.41) is 12.8. The van der Waals surface area contributed by atoms with E-state index in [0.717, 1.165) is 19.4 Å². The van der Waals surface area contributed by atoms with Gasteiger partial charge in [-0.25, -0.2) is 0 Å². The number of nitriles is 1. The molecule has 0 radical (unpaired) electrons. The van der Waals surface area contributed by atoms with Gasteiger partial charge in [0.15, 0.2) is 0 Å². The van der Waals surface area contributed by atoms with E-state index in [4.69, 9.17) is 0 Å². The fourth-order valence-corrected chi connectivity index (χ4v) is 2.69. The molecule has 0 fully saturated rings. The Kier molecular flexibility index (Phi) is 6.87. The van der Waals surface area contributed by atoms with Crippen LogP contribution in [-0.2, 0) is 6.42 Å². The lowest BCUT2D eigenvalue weighted by Gasteiger charge is -2.33. The summed E-state index contributed by atoms with van der Waals surface area (Å²) in [6, 6.07) is 13.7. The van der Waals surface area contributed by atoms with Crippen LogP contribution in [0.1, 0.15) is 39.7 Å². The second kappa shape index (κ2) is 8.17. The van der Waals surface area contributed by atoms with Crippen LogP contribution in [0.5, 0.6) is 0 Å². The zero-order valence-electron chi connectivity index (χ0n) is 14.1. The Labute approximate surface area is 130 Å². The Bertz CT molecular complexity index is 449. The van der Waals surface area contributed by atoms with Crippen LogP contribution in [0.3, 0.4) is 0 Å². The Morgan fingerprint density at radius 1 is 1.24 bits per heavy atom. The van der Waals surface area contributed by atoms with Gasteiger partial charge in [-0.3, -0.25) is 5.32 Å². The molecule has 0 bridgehead atoms. The van der Waals surface area contributed by atoms with Crippen LogP contribution in [0, 0.1) is 11.3 Å². The SMILES string of the molecule is CC(C)NC(C)(C#N)CC(C)N(C)CCc1ccccc1. The first-order valence-electron chi connectivity index (χ1n) is 7.79. The standard InChI is InChI=1S/C18H29N3/c1-15(2)20-18(4,14-19)13-16(3)21(5)12-11-17-9-7-6-8-10-17/h6-10,15-16,20H,11-13H2,1-5H3. The van der Waals surface area contributed by atoms with E-state index in [1.807, 2.05) is 13.0 Å². The minimum Gasteiger partial charge on any atom is -0.303 e. The third-order valence-electron chi connectivity index (χ3n) is 3.91. The first-order valence-corrected chi connectivity index (χ1v) is 7.79. The molecule has 0 saturated carbocycles. The van der Waals surface area contributed by atoms with Crippen molar-refractivity contribution in [2.75, 3.05) is 13.6 Å². The van der Waals surface area contributed by atoms with Gasteiger partial charge in [-0.05, 0) is 53.1 Å². The van der Waals surface area contributed by atoms with Crippen molar-refractivity contribution < 1.29 is 0 Å². The molecule has 1 aromatic carbocycles. The molecule has 2 unspecified atom stereocenters. The summed E-state index contributed by atoms with van der Waals surface area (Å²) in [6.45, 7) is 9.37. The summed E-state index contributed by atoms with van der Waals surface area (Å²) in [5.74, 6) is 0. The molecule has 0 heterocycles. The molecule has 0 amide bonds. The molecule has 1 rings (SSSR count). The largest absolute Gasteiger partial charge is 0.303 e. The Balaban J connectivity index is 2.50. The van der Waals surface area contributed by atoms with Crippen molar-refractivity contribution in [2.45, 2.75) is 58.2 Å². The van der Waals surface area contributed by atoms with Gasteiger partial charge in [0.25, 0.3) is 0 Å². The average molecular weight is 287 g/mol. The van der Waals surface area contributed by atoms with Crippen molar-refractivity contribution in [3.63, 3.8) is 0 Å². The molecule has 2 atom stereocenters. The van der Waals surface area contributed by atoms with E-state index in [1.54, 1.807) is 0 Å². The molecule has 0 aliphatic heterocycles. The minimum absolute atomic E-state index is 0.316. The Hall–Kier alpha value is -1.37. The van der Waals surface area contributed by atoms with Gasteiger partial charge in [0.05, 0.1) is 6.07 Å². The number of rotatable bonds is 8. The van der Waals surface area contributed by atoms with Crippen molar-refractivity contribution in [3.8, 4) is 6.07 Å². The summed E-state index contributed by atoms with van der Waals surface area (Å²) in [6.07, 6.45) is 1.87. The van der Waals surface area contributed by atoms with E-state index in [9.17, 15) is 5.26 Å². The van der Waals surface area contributed by atoms with E-state index in [-0.39, 0.29) is 0 Å². The summed E-state index contributed by atoms with van der Waals surface area (Å²) in [4.78, 5) is 2.34. The van der Waals surface area contributed by atoms with Gasteiger partial charge in [0, 0.05) is 18.6 Å². The maximum Gasteiger partial charge on any atom is 0.105 e. The lowest BCUT2D eigenvalue weighted by Crippen LogP contribution is -2.49. The highest BCUT2D eigenvalue weighted by atomic mass is 15.1. The summed E-state index contributed by atoms with van der Waals surface area (Å²) >= 11 is 0. The molecule has 0 aromatic heterocycles. The van der Waals surface area contributed by atoms with Crippen LogP contribution in [-0.4, -0.2) is 36.1 Å². The average Bonchev–Trinajstić information content (AvgIpc) is 2.44. The van der Waals surface area contributed by atoms with Gasteiger partial charge in [-0.2, -0.15) is 5.26 Å². The third-order valence-corrected chi connectivity index (χ3v) is 3.91. The summed E-state index contributed by atoms with van der Waals surface area (Å²) < 4.78 is 0. The van der Waals surface area contributed by atoms with Gasteiger partial charge in [-0.15, -0.1) is 0 Å². The van der Waals surface area contributed by atoms with Crippen LogP contribution in [0.2, 0.25) is 0 Å². The number of hydrogen-bond acceptors (Lipinski definition) is 3. The van der Waals surface area contributed by atoms with E-state index >= 15 is 0 Å². The fraction of sp³-hybridized carbons (Fsp3) is 0.611. The highest BCUT2D eigenvalue weighted by Gasteiger charge is 2.28. The highest BCUT2D eigenvalue weighted by molar-refractivity contribution is 5.15. The molecule has 3 nitrogen and oxygen atoms in total. The van der Waals surface area contributed by atoms with Crippen molar-refractivity contribution in [1.82, 2.24) is 10.2 Å². The summed E-state index contributed by atoms with van der Waals surface area (Å²) in [7, 11) is 2.14. The molecule has 21 heavy (non-hydrogen) atoms. The first-order chi connectivity index (χ1) is 9.86. The van der Waals surface area contributed by atoms with Gasteiger partial charge in [0.1, 0.15) is 5.54 Å². The Morgan fingerprint density at radius 3 is 2.38 bits per heavy atom. The van der Waals surface area contributed by atoms with Crippen LogP contribution in [0.25, 0.3) is 0 Å². The van der Waals surface area contributed by atoms with E-state index in [0.29, 0.717) is 12.1 Å². The minimum atomic E-state index is -0.464. The molecule has 1 aromatic rings. The molecular formula is C18H29N3. The van der Waals surface area contributed by atoms with Crippen LogP contribution in [0.15, 0.2) is 30.3 Å². The molecule has 116 valence electrons. The zero-order chi connectivity index (χ0) is 15.9. The first kappa shape index (κ1) is 17.7. The fourth-order valence-electron chi connectivity index (χ4n) is 2.69. The molecule has 0 aliphatic rings. The van der Waals surface area contributed by atoms with Crippen molar-refractivity contribution in [3.05, 3.63) is 35.9 Å². The van der Waals surface area contributed by atoms with E-state index in [1.165, 1.54) is 5.56 Å². The van der Waals surface area contributed by atoms with Crippen LogP contribution >= 0.6 is 0 Å². The monoisotopic (exact) mass is 287 g/mol. The van der Waals surface area contributed by atoms with Crippen LogP contribution < -0.4 is 5.32 Å². The van der Waals surface area contributed by atoms with Gasteiger partial charge in [-0.1, -0.05) is 30.3 Å². The number of benzene rings is 1. The third kappa shape index (κ3) is 6.29. The van der Waals surface area contributed by atoms with Crippen molar-refractivity contribution in [2.24, 2.45) is 0 Å². The van der Waals surface area contributed by atoms with Gasteiger partial charge in [0.2, 0.25) is 0 Å². The second-order valence-electron chi connectivity index (χ2n) is 6.51. The van der Waals surface area contributed by atoms with Gasteiger partial charge < -0.3 is 4.90 Å². The second-order valence-corrected chi connectivity index (χ2v) is 6.51. The smallest absolute Gasteiger partial charge is 0.105 e. The lowest BCUT2D eigenvalue weighted by molar-refractivity contribution is 0.210. The quantitative estimate of drug-likeness (QED) is 0.798. The summed E-state index contributed by atoms with van der Waals surface area (Å²) in [5.41, 5.74) is 0.897. The maximum absolute atomic E-state index is 9.44. The molecule has 3 heteroatoms. The molecule has 0 saturated heterocycles. The van der Waals surface area contributed by atoms with Gasteiger partial charge >= 0.3 is 0 Å². The molecule has 0 spiro atoms. The van der Waals surface area contributed by atoms with Crippen molar-refractivity contribution >= 4 is 0 Å². The van der Waals surface area contributed by atoms with Crippen molar-refractivity contribution in [1.29, 1.82) is 5.26 Å². The Morgan fingerprint density at radius 2 is 1.86 bits per heavy atom. The number of nitrogens with one attached hydrogen (secondary N) is 1. The predicted molar refractivity (Wildman–Crippen MR) is 89.1 cm³/mol. The van der Waals surface area contributed by atoms with E-state index in [2.05, 4.69) is 68.4 Å². The lowest BCUT2D eigenvalue weighted by atomic mass is 9.93. The highest BCUT2D eigenvalue weighted by Crippen LogP contribution is 2.16. The normalized spacial score (nSPS) is 15.7. The van der Waals surface area contributed by atoms with Crippen LogP contribution in [0.4, 0.5) is 0 Å². The number of likely N-dealkylation sites (N-methyl/N-ethyl adjacent to an activating group) is 1.